The van der Waals surface area contributed by atoms with Gasteiger partial charge in [0.05, 0.1) is 6.33 Å². The SMILES string of the molecule is O=C(O)[C@H](Cc1cnc[nH]1)NC[c-]1cccc1.[Fe+2].c1cc[cH-]c1. The Kier molecular flexibility index (Phi) is 8.68. The summed E-state index contributed by atoms with van der Waals surface area (Å²) in [4.78, 5) is 17.9. The van der Waals surface area contributed by atoms with Crippen LogP contribution < -0.4 is 5.32 Å². The first-order valence-corrected chi connectivity index (χ1v) is 7.06. The van der Waals surface area contributed by atoms with Crippen molar-refractivity contribution in [3.8, 4) is 0 Å². The van der Waals surface area contributed by atoms with E-state index in [9.17, 15) is 4.79 Å². The molecule has 5 nitrogen and oxygen atoms in total. The van der Waals surface area contributed by atoms with Crippen molar-refractivity contribution in [2.45, 2.75) is 19.0 Å². The summed E-state index contributed by atoms with van der Waals surface area (Å²) in [6, 6.07) is 17.2. The van der Waals surface area contributed by atoms with Crippen molar-refractivity contribution in [3.05, 3.63) is 78.4 Å². The number of hydrogen-bond acceptors (Lipinski definition) is 3. The summed E-state index contributed by atoms with van der Waals surface area (Å²) < 4.78 is 0. The van der Waals surface area contributed by atoms with Gasteiger partial charge in [-0.05, 0) is 6.54 Å². The summed E-state index contributed by atoms with van der Waals surface area (Å²) in [6.45, 7) is 0.554. The molecule has 122 valence electrons. The largest absolute Gasteiger partial charge is 2.00 e. The van der Waals surface area contributed by atoms with Gasteiger partial charge in [0.2, 0.25) is 0 Å². The molecule has 0 spiro atoms. The van der Waals surface area contributed by atoms with Crippen LogP contribution >= 0.6 is 0 Å². The summed E-state index contributed by atoms with van der Waals surface area (Å²) in [7, 11) is 0. The topological polar surface area (TPSA) is 78.0 Å². The summed E-state index contributed by atoms with van der Waals surface area (Å²) in [6.07, 6.45) is 3.58. The van der Waals surface area contributed by atoms with E-state index >= 15 is 0 Å². The van der Waals surface area contributed by atoms with Gasteiger partial charge in [0.1, 0.15) is 6.04 Å². The third kappa shape index (κ3) is 7.10. The minimum absolute atomic E-state index is 0. The molecule has 0 aliphatic heterocycles. The maximum Gasteiger partial charge on any atom is 2.00 e. The third-order valence-electron chi connectivity index (χ3n) is 3.12. The molecule has 0 amide bonds. The van der Waals surface area contributed by atoms with Gasteiger partial charge < -0.3 is 15.4 Å². The second-order valence-electron chi connectivity index (χ2n) is 4.81. The molecule has 0 saturated heterocycles. The molecule has 0 bridgehead atoms. The third-order valence-corrected chi connectivity index (χ3v) is 3.12. The number of aromatic amines is 1. The molecule has 1 heterocycles. The van der Waals surface area contributed by atoms with Crippen LogP contribution in [0.5, 0.6) is 0 Å². The van der Waals surface area contributed by atoms with Crippen LogP contribution in [-0.4, -0.2) is 27.1 Å². The molecule has 3 rings (SSSR count). The van der Waals surface area contributed by atoms with Gasteiger partial charge in [-0.3, -0.25) is 4.79 Å². The van der Waals surface area contributed by atoms with Crippen LogP contribution in [0.1, 0.15) is 11.3 Å². The Hall–Kier alpha value is -2.14. The van der Waals surface area contributed by atoms with Crippen LogP contribution in [-0.2, 0) is 34.8 Å². The first kappa shape index (κ1) is 18.9. The first-order chi connectivity index (χ1) is 10.8. The van der Waals surface area contributed by atoms with Crippen molar-refractivity contribution in [2.75, 3.05) is 0 Å². The van der Waals surface area contributed by atoms with E-state index < -0.39 is 12.0 Å². The summed E-state index contributed by atoms with van der Waals surface area (Å²) >= 11 is 0. The molecule has 0 radical (unpaired) electrons. The van der Waals surface area contributed by atoms with E-state index in [2.05, 4.69) is 15.3 Å². The number of carbonyl (C=O) groups is 1. The Balaban J connectivity index is 0.000000377. The maximum atomic E-state index is 11.1. The number of aromatic nitrogens is 2. The van der Waals surface area contributed by atoms with Crippen molar-refractivity contribution in [2.24, 2.45) is 0 Å². The van der Waals surface area contributed by atoms with Gasteiger partial charge in [0.15, 0.2) is 0 Å². The molecule has 0 fully saturated rings. The fourth-order valence-corrected chi connectivity index (χ4v) is 1.96. The molecule has 0 unspecified atom stereocenters. The second-order valence-corrected chi connectivity index (χ2v) is 4.81. The van der Waals surface area contributed by atoms with Crippen molar-refractivity contribution >= 4 is 5.97 Å². The fourth-order valence-electron chi connectivity index (χ4n) is 1.96. The van der Waals surface area contributed by atoms with Gasteiger partial charge in [0.25, 0.3) is 0 Å². The number of hydrogen-bond donors (Lipinski definition) is 3. The fraction of sp³-hybridized carbons (Fsp3) is 0.176. The van der Waals surface area contributed by atoms with Gasteiger partial charge in [-0.1, -0.05) is 0 Å². The number of carboxylic acids is 1. The number of imidazole rings is 1. The van der Waals surface area contributed by atoms with Crippen molar-refractivity contribution in [1.29, 1.82) is 0 Å². The van der Waals surface area contributed by atoms with Crippen LogP contribution in [0.2, 0.25) is 0 Å². The molecule has 2 aromatic carbocycles. The van der Waals surface area contributed by atoms with E-state index in [1.807, 2.05) is 54.6 Å². The summed E-state index contributed by atoms with van der Waals surface area (Å²) in [5.74, 6) is -0.855. The van der Waals surface area contributed by atoms with Crippen molar-refractivity contribution in [1.82, 2.24) is 15.3 Å². The minimum Gasteiger partial charge on any atom is -0.480 e. The number of nitrogens with zero attached hydrogens (tertiary/aromatic N) is 1. The second kappa shape index (κ2) is 10.6. The quantitative estimate of drug-likeness (QED) is 0.470. The Labute approximate surface area is 146 Å². The molecular weight excluding hydrogens is 334 g/mol. The zero-order chi connectivity index (χ0) is 15.6. The van der Waals surface area contributed by atoms with Gasteiger partial charge in [-0.15, -0.1) is 5.56 Å². The molecule has 3 aromatic rings. The number of carboxylic acid groups (broad SMARTS) is 1. The Bertz CT molecular complexity index is 602. The average Bonchev–Trinajstić information content (AvgIpc) is 3.28. The number of rotatable bonds is 6. The van der Waals surface area contributed by atoms with E-state index in [1.54, 1.807) is 12.5 Å². The van der Waals surface area contributed by atoms with Gasteiger partial charge in [-0.25, -0.2) is 29.2 Å². The maximum absolute atomic E-state index is 11.1. The van der Waals surface area contributed by atoms with E-state index in [0.717, 1.165) is 11.3 Å². The molecule has 3 N–H and O–H groups in total. The summed E-state index contributed by atoms with van der Waals surface area (Å²) in [5.41, 5.74) is 1.90. The zero-order valence-corrected chi connectivity index (χ0v) is 13.6. The molecule has 0 saturated carbocycles. The van der Waals surface area contributed by atoms with Crippen LogP contribution in [0.15, 0.2) is 67.1 Å². The molecule has 1 atom stereocenters. The molecule has 0 aliphatic carbocycles. The Morgan fingerprint density at radius 1 is 1.30 bits per heavy atom. The number of nitrogens with one attached hydrogen (secondary N) is 2. The van der Waals surface area contributed by atoms with E-state index in [-0.39, 0.29) is 17.1 Å². The predicted molar refractivity (Wildman–Crippen MR) is 84.6 cm³/mol. The monoisotopic (exact) mass is 353 g/mol. The molecular formula is C17H19FeN3O2. The van der Waals surface area contributed by atoms with Crippen LogP contribution in [0.3, 0.4) is 0 Å². The summed E-state index contributed by atoms with van der Waals surface area (Å²) in [5, 5.41) is 12.1. The number of aliphatic carboxylic acids is 1. The Morgan fingerprint density at radius 3 is 2.48 bits per heavy atom. The first-order valence-electron chi connectivity index (χ1n) is 7.06. The van der Waals surface area contributed by atoms with E-state index in [4.69, 9.17) is 5.11 Å². The van der Waals surface area contributed by atoms with Crippen LogP contribution in [0.25, 0.3) is 0 Å². The molecule has 1 aromatic heterocycles. The minimum atomic E-state index is -0.855. The zero-order valence-electron chi connectivity index (χ0n) is 12.5. The molecule has 6 heteroatoms. The van der Waals surface area contributed by atoms with Crippen LogP contribution in [0.4, 0.5) is 0 Å². The predicted octanol–water partition coefficient (Wildman–Crippen LogP) is 2.32. The smallest absolute Gasteiger partial charge is 0.480 e. The van der Waals surface area contributed by atoms with Crippen molar-refractivity contribution < 1.29 is 27.0 Å². The normalized spacial score (nSPS) is 11.0. The molecule has 23 heavy (non-hydrogen) atoms. The van der Waals surface area contributed by atoms with Crippen LogP contribution in [0, 0.1) is 0 Å². The van der Waals surface area contributed by atoms with Crippen molar-refractivity contribution in [3.63, 3.8) is 0 Å². The Morgan fingerprint density at radius 2 is 2.00 bits per heavy atom. The average molecular weight is 353 g/mol. The van der Waals surface area contributed by atoms with Gasteiger partial charge in [-0.2, -0.15) is 30.3 Å². The number of H-pyrrole nitrogens is 1. The molecule has 0 aliphatic rings. The van der Waals surface area contributed by atoms with E-state index in [0.29, 0.717) is 13.0 Å². The van der Waals surface area contributed by atoms with E-state index in [1.165, 1.54) is 0 Å². The standard InChI is InChI=1S/C12H14N3O2.C5H5.Fe/c16-12(17)11(5-10-7-13-8-15-10)14-6-9-3-1-2-4-9;1-2-4-5-3-1;/h1-4,7-8,11,14H,5-6H2,(H,13,15)(H,16,17);1-5H;/q2*-1;+2/t11-;;/m0../s1. The van der Waals surface area contributed by atoms with Gasteiger partial charge >= 0.3 is 23.0 Å². The van der Waals surface area contributed by atoms with Gasteiger partial charge in [0, 0.05) is 18.3 Å².